The summed E-state index contributed by atoms with van der Waals surface area (Å²) in [5.74, 6) is 1.05. The van der Waals surface area contributed by atoms with E-state index in [1.807, 2.05) is 6.07 Å². The molecule has 0 radical (unpaired) electrons. The quantitative estimate of drug-likeness (QED) is 0.475. The SMILES string of the molecule is CCCCCCCC1=CCc2cccc(OCc3ccccc3)c21. The van der Waals surface area contributed by atoms with Gasteiger partial charge in [0.2, 0.25) is 0 Å². The number of allylic oxidation sites excluding steroid dienone is 2. The number of benzene rings is 2. The largest absolute Gasteiger partial charge is 0.488 e. The maximum Gasteiger partial charge on any atom is 0.127 e. The highest BCUT2D eigenvalue weighted by molar-refractivity contribution is 5.77. The van der Waals surface area contributed by atoms with Gasteiger partial charge in [-0.05, 0) is 42.0 Å². The molecule has 0 fully saturated rings. The molecular weight excluding hydrogens is 292 g/mol. The van der Waals surface area contributed by atoms with E-state index in [1.54, 1.807) is 0 Å². The molecule has 3 rings (SSSR count). The molecule has 0 aliphatic heterocycles. The Morgan fingerprint density at radius 1 is 0.875 bits per heavy atom. The normalized spacial score (nSPS) is 12.8. The van der Waals surface area contributed by atoms with Gasteiger partial charge in [-0.15, -0.1) is 0 Å². The molecule has 0 saturated heterocycles. The van der Waals surface area contributed by atoms with Crippen molar-refractivity contribution >= 4 is 5.57 Å². The number of ether oxygens (including phenoxy) is 1. The standard InChI is InChI=1S/C23H28O/c1-2-3-4-5-9-13-20-16-17-21-14-10-15-22(23(20)21)24-18-19-11-7-6-8-12-19/h6-8,10-12,14-16H,2-5,9,13,17-18H2,1H3. The number of hydrogen-bond acceptors (Lipinski definition) is 1. The maximum atomic E-state index is 6.17. The predicted octanol–water partition coefficient (Wildman–Crippen LogP) is 6.57. The van der Waals surface area contributed by atoms with Crippen LogP contribution in [0.2, 0.25) is 0 Å². The highest BCUT2D eigenvalue weighted by Crippen LogP contribution is 2.38. The molecule has 1 nitrogen and oxygen atoms in total. The van der Waals surface area contributed by atoms with Crippen LogP contribution >= 0.6 is 0 Å². The van der Waals surface area contributed by atoms with E-state index in [2.05, 4.69) is 55.5 Å². The Kier molecular flexibility index (Phi) is 6.12. The molecule has 1 aliphatic rings. The first-order valence-corrected chi connectivity index (χ1v) is 9.36. The summed E-state index contributed by atoms with van der Waals surface area (Å²) in [6.45, 7) is 2.91. The van der Waals surface area contributed by atoms with Gasteiger partial charge in [-0.3, -0.25) is 0 Å². The third-order valence-electron chi connectivity index (χ3n) is 4.79. The van der Waals surface area contributed by atoms with Gasteiger partial charge in [0.05, 0.1) is 0 Å². The summed E-state index contributed by atoms with van der Waals surface area (Å²) < 4.78 is 6.17. The fourth-order valence-corrected chi connectivity index (χ4v) is 3.45. The minimum atomic E-state index is 0.640. The molecule has 1 heteroatoms. The van der Waals surface area contributed by atoms with Crippen molar-refractivity contribution in [3.63, 3.8) is 0 Å². The predicted molar refractivity (Wildman–Crippen MR) is 102 cm³/mol. The lowest BCUT2D eigenvalue weighted by molar-refractivity contribution is 0.305. The number of hydrogen-bond donors (Lipinski definition) is 0. The van der Waals surface area contributed by atoms with Gasteiger partial charge in [0.1, 0.15) is 12.4 Å². The second kappa shape index (κ2) is 8.73. The molecule has 24 heavy (non-hydrogen) atoms. The number of fused-ring (bicyclic) bond motifs is 1. The fraction of sp³-hybridized carbons (Fsp3) is 0.391. The van der Waals surface area contributed by atoms with Crippen molar-refractivity contribution in [1.82, 2.24) is 0 Å². The van der Waals surface area contributed by atoms with Gasteiger partial charge in [-0.1, -0.05) is 81.1 Å². The van der Waals surface area contributed by atoms with Gasteiger partial charge in [-0.25, -0.2) is 0 Å². The highest BCUT2D eigenvalue weighted by Gasteiger charge is 2.18. The summed E-state index contributed by atoms with van der Waals surface area (Å²) in [5.41, 5.74) is 5.50. The molecule has 2 aromatic carbocycles. The molecule has 0 amide bonds. The zero-order valence-corrected chi connectivity index (χ0v) is 14.8. The van der Waals surface area contributed by atoms with E-state index in [-0.39, 0.29) is 0 Å². The molecule has 0 aromatic heterocycles. The minimum Gasteiger partial charge on any atom is -0.488 e. The molecular formula is C23H28O. The molecule has 0 heterocycles. The van der Waals surface area contributed by atoms with E-state index in [9.17, 15) is 0 Å². The summed E-state index contributed by atoms with van der Waals surface area (Å²) in [7, 11) is 0. The average Bonchev–Trinajstić information content (AvgIpc) is 3.04. The van der Waals surface area contributed by atoms with Gasteiger partial charge < -0.3 is 4.74 Å². The van der Waals surface area contributed by atoms with Crippen LogP contribution in [0.15, 0.2) is 54.6 Å². The first-order valence-electron chi connectivity index (χ1n) is 9.36. The van der Waals surface area contributed by atoms with Crippen molar-refractivity contribution in [3.05, 3.63) is 71.3 Å². The van der Waals surface area contributed by atoms with Crippen LogP contribution in [0.3, 0.4) is 0 Å². The van der Waals surface area contributed by atoms with Gasteiger partial charge >= 0.3 is 0 Å². The third kappa shape index (κ3) is 4.29. The monoisotopic (exact) mass is 320 g/mol. The summed E-state index contributed by atoms with van der Waals surface area (Å²) in [5, 5.41) is 0. The van der Waals surface area contributed by atoms with Crippen molar-refractivity contribution in [3.8, 4) is 5.75 Å². The molecule has 0 bridgehead atoms. The lowest BCUT2D eigenvalue weighted by atomic mass is 9.99. The Labute approximate surface area is 146 Å². The Morgan fingerprint density at radius 2 is 1.71 bits per heavy atom. The Hall–Kier alpha value is -2.02. The van der Waals surface area contributed by atoms with Gasteiger partial charge in [0.15, 0.2) is 0 Å². The highest BCUT2D eigenvalue weighted by atomic mass is 16.5. The van der Waals surface area contributed by atoms with Crippen LogP contribution in [0.25, 0.3) is 5.57 Å². The Bertz CT molecular complexity index is 670. The second-order valence-electron chi connectivity index (χ2n) is 6.66. The van der Waals surface area contributed by atoms with Crippen LogP contribution in [-0.2, 0) is 13.0 Å². The molecule has 0 N–H and O–H groups in total. The van der Waals surface area contributed by atoms with Crippen molar-refractivity contribution in [2.75, 3.05) is 0 Å². The second-order valence-corrected chi connectivity index (χ2v) is 6.66. The lowest BCUT2D eigenvalue weighted by Gasteiger charge is -2.14. The van der Waals surface area contributed by atoms with Crippen LogP contribution in [0.4, 0.5) is 0 Å². The molecule has 0 unspecified atom stereocenters. The van der Waals surface area contributed by atoms with Gasteiger partial charge in [0.25, 0.3) is 0 Å². The Morgan fingerprint density at radius 3 is 2.54 bits per heavy atom. The van der Waals surface area contributed by atoms with Crippen LogP contribution in [0.5, 0.6) is 5.75 Å². The average molecular weight is 320 g/mol. The molecule has 0 saturated carbocycles. The Balaban J connectivity index is 1.63. The van der Waals surface area contributed by atoms with Crippen molar-refractivity contribution < 1.29 is 4.74 Å². The fourth-order valence-electron chi connectivity index (χ4n) is 3.45. The van der Waals surface area contributed by atoms with E-state index >= 15 is 0 Å². The van der Waals surface area contributed by atoms with Crippen molar-refractivity contribution in [2.24, 2.45) is 0 Å². The summed E-state index contributed by atoms with van der Waals surface area (Å²) >= 11 is 0. The maximum absolute atomic E-state index is 6.17. The topological polar surface area (TPSA) is 9.23 Å². The smallest absolute Gasteiger partial charge is 0.127 e. The minimum absolute atomic E-state index is 0.640. The van der Waals surface area contributed by atoms with Crippen molar-refractivity contribution in [2.45, 2.75) is 58.5 Å². The van der Waals surface area contributed by atoms with E-state index in [1.165, 1.54) is 60.8 Å². The van der Waals surface area contributed by atoms with Crippen LogP contribution in [0, 0.1) is 0 Å². The van der Waals surface area contributed by atoms with Crippen molar-refractivity contribution in [1.29, 1.82) is 0 Å². The van der Waals surface area contributed by atoms with E-state index < -0.39 is 0 Å². The van der Waals surface area contributed by atoms with E-state index in [0.29, 0.717) is 6.61 Å². The first-order chi connectivity index (χ1) is 11.9. The van der Waals surface area contributed by atoms with Gasteiger partial charge in [0, 0.05) is 5.56 Å². The van der Waals surface area contributed by atoms with Crippen LogP contribution < -0.4 is 4.74 Å². The molecule has 2 aromatic rings. The zero-order valence-electron chi connectivity index (χ0n) is 14.8. The third-order valence-corrected chi connectivity index (χ3v) is 4.79. The number of rotatable bonds is 9. The first kappa shape index (κ1) is 16.8. The van der Waals surface area contributed by atoms with E-state index in [4.69, 9.17) is 4.74 Å². The molecule has 0 spiro atoms. The molecule has 0 atom stereocenters. The summed E-state index contributed by atoms with van der Waals surface area (Å²) in [4.78, 5) is 0. The van der Waals surface area contributed by atoms with Crippen LogP contribution in [0.1, 0.15) is 62.1 Å². The number of unbranched alkanes of at least 4 members (excludes halogenated alkanes) is 4. The lowest BCUT2D eigenvalue weighted by Crippen LogP contribution is -1.99. The van der Waals surface area contributed by atoms with Crippen LogP contribution in [-0.4, -0.2) is 0 Å². The van der Waals surface area contributed by atoms with E-state index in [0.717, 1.165) is 12.2 Å². The molecule has 1 aliphatic carbocycles. The summed E-state index contributed by atoms with van der Waals surface area (Å²) in [6, 6.07) is 16.9. The molecule has 126 valence electrons. The zero-order chi connectivity index (χ0) is 16.6. The van der Waals surface area contributed by atoms with Gasteiger partial charge in [-0.2, -0.15) is 0 Å². The summed E-state index contributed by atoms with van der Waals surface area (Å²) in [6.07, 6.45) is 11.3.